The highest BCUT2D eigenvalue weighted by atomic mass is 32.2. The van der Waals surface area contributed by atoms with Gasteiger partial charge in [0, 0.05) is 11.6 Å². The number of rotatable bonds is 2. The third-order valence-electron chi connectivity index (χ3n) is 4.20. The van der Waals surface area contributed by atoms with Crippen LogP contribution in [-0.2, 0) is 9.84 Å². The Labute approximate surface area is 110 Å². The topological polar surface area (TPSA) is 93.3 Å². The van der Waals surface area contributed by atoms with Gasteiger partial charge < -0.3 is 10.8 Å². The van der Waals surface area contributed by atoms with E-state index >= 15 is 0 Å². The smallest absolute Gasteiger partial charge is 0.156 e. The Balaban J connectivity index is 1.90. The highest BCUT2D eigenvalue weighted by Crippen LogP contribution is 2.47. The van der Waals surface area contributed by atoms with Crippen LogP contribution in [0.15, 0.2) is 11.6 Å². The average Bonchev–Trinajstić information content (AvgIpc) is 2.86. The number of hydrogen-bond acceptors (Lipinski definition) is 6. The summed E-state index contributed by atoms with van der Waals surface area (Å²) in [5.74, 6) is 0. The maximum absolute atomic E-state index is 12.0. The van der Waals surface area contributed by atoms with E-state index in [0.29, 0.717) is 17.8 Å². The number of aliphatic hydroxyl groups is 1. The predicted molar refractivity (Wildman–Crippen MR) is 69.0 cm³/mol. The molecule has 18 heavy (non-hydrogen) atoms. The van der Waals surface area contributed by atoms with E-state index in [1.54, 1.807) is 6.20 Å². The lowest BCUT2D eigenvalue weighted by Crippen LogP contribution is -2.51. The minimum absolute atomic E-state index is 0.243. The summed E-state index contributed by atoms with van der Waals surface area (Å²) in [5.41, 5.74) is 4.96. The van der Waals surface area contributed by atoms with Crippen molar-refractivity contribution in [2.24, 2.45) is 5.73 Å². The van der Waals surface area contributed by atoms with Crippen molar-refractivity contribution < 1.29 is 13.5 Å². The Morgan fingerprint density at radius 1 is 1.44 bits per heavy atom. The number of thiazole rings is 1. The van der Waals surface area contributed by atoms with Crippen molar-refractivity contribution in [2.45, 2.75) is 47.8 Å². The van der Waals surface area contributed by atoms with Gasteiger partial charge in [0.1, 0.15) is 5.01 Å². The Kier molecular flexibility index (Phi) is 2.78. The fraction of sp³-hybridized carbons (Fsp3) is 0.727. The first-order valence-electron chi connectivity index (χ1n) is 6.03. The van der Waals surface area contributed by atoms with Gasteiger partial charge in [-0.25, -0.2) is 13.4 Å². The Morgan fingerprint density at radius 2 is 2.06 bits per heavy atom. The number of hydrogen-bond donors (Lipinski definition) is 2. The molecule has 2 bridgehead atoms. The quantitative estimate of drug-likeness (QED) is 0.832. The molecule has 0 amide bonds. The molecule has 3 atom stereocenters. The van der Waals surface area contributed by atoms with E-state index in [1.165, 1.54) is 11.3 Å². The normalized spacial score (nSPS) is 39.7. The molecule has 100 valence electrons. The zero-order valence-corrected chi connectivity index (χ0v) is 11.5. The van der Waals surface area contributed by atoms with Gasteiger partial charge in [0.15, 0.2) is 9.84 Å². The fourth-order valence-electron chi connectivity index (χ4n) is 3.15. The van der Waals surface area contributed by atoms with Gasteiger partial charge in [-0.1, -0.05) is 0 Å². The van der Waals surface area contributed by atoms with Crippen molar-refractivity contribution in [1.29, 1.82) is 0 Å². The summed E-state index contributed by atoms with van der Waals surface area (Å²) in [6, 6.07) is -0.587. The fourth-order valence-corrected chi connectivity index (χ4v) is 6.42. The zero-order chi connectivity index (χ0) is 13.0. The van der Waals surface area contributed by atoms with Crippen LogP contribution in [0.25, 0.3) is 0 Å². The number of fused-ring (bicyclic) bond motifs is 2. The molecule has 2 fully saturated rings. The molecule has 0 aromatic carbocycles. The van der Waals surface area contributed by atoms with Gasteiger partial charge in [-0.15, -0.1) is 11.3 Å². The molecule has 0 spiro atoms. The van der Waals surface area contributed by atoms with Gasteiger partial charge >= 0.3 is 0 Å². The Hall–Kier alpha value is -0.500. The summed E-state index contributed by atoms with van der Waals surface area (Å²) >= 11 is 1.40. The third kappa shape index (κ3) is 1.72. The minimum atomic E-state index is -3.03. The van der Waals surface area contributed by atoms with Crippen molar-refractivity contribution in [1.82, 2.24) is 4.98 Å². The Morgan fingerprint density at radius 3 is 2.56 bits per heavy atom. The van der Waals surface area contributed by atoms with Gasteiger partial charge in [0.2, 0.25) is 0 Å². The van der Waals surface area contributed by atoms with Crippen molar-refractivity contribution >= 4 is 21.2 Å². The first-order valence-corrected chi connectivity index (χ1v) is 8.52. The molecule has 0 saturated carbocycles. The summed E-state index contributed by atoms with van der Waals surface area (Å²) in [6.07, 6.45) is 3.44. The van der Waals surface area contributed by atoms with Crippen LogP contribution >= 0.6 is 11.3 Å². The highest BCUT2D eigenvalue weighted by Gasteiger charge is 2.55. The summed E-state index contributed by atoms with van der Waals surface area (Å²) in [7, 11) is -3.03. The molecule has 3 heterocycles. The van der Waals surface area contributed by atoms with Crippen molar-refractivity contribution in [3.63, 3.8) is 0 Å². The summed E-state index contributed by atoms with van der Waals surface area (Å²) in [5, 5.41) is 12.3. The summed E-state index contributed by atoms with van der Waals surface area (Å²) < 4.78 is 24.0. The summed E-state index contributed by atoms with van der Waals surface area (Å²) in [6.45, 7) is 0. The largest absolute Gasteiger partial charge is 0.388 e. The lowest BCUT2D eigenvalue weighted by Gasteiger charge is -2.39. The molecule has 1 aromatic heterocycles. The molecule has 5 nitrogen and oxygen atoms in total. The molecule has 0 radical (unpaired) electrons. The van der Waals surface area contributed by atoms with E-state index in [2.05, 4.69) is 4.98 Å². The lowest BCUT2D eigenvalue weighted by atomic mass is 9.86. The average molecular weight is 288 g/mol. The molecule has 2 aliphatic heterocycles. The van der Waals surface area contributed by atoms with Crippen LogP contribution in [0.3, 0.4) is 0 Å². The molecule has 2 saturated heterocycles. The highest BCUT2D eigenvalue weighted by molar-refractivity contribution is 7.93. The second kappa shape index (κ2) is 4.00. The SMILES string of the molecule is NC(c1nccs1)C1(O)CC2CCC(C1)S2(=O)=O. The second-order valence-corrected chi connectivity index (χ2v) is 8.71. The van der Waals surface area contributed by atoms with Gasteiger partial charge in [0.05, 0.1) is 22.1 Å². The van der Waals surface area contributed by atoms with E-state index in [9.17, 15) is 13.5 Å². The molecule has 3 rings (SSSR count). The maximum Gasteiger partial charge on any atom is 0.156 e. The number of nitrogens with two attached hydrogens (primary N) is 1. The zero-order valence-electron chi connectivity index (χ0n) is 9.82. The summed E-state index contributed by atoms with van der Waals surface area (Å²) in [4.78, 5) is 4.13. The number of nitrogens with zero attached hydrogens (tertiary/aromatic N) is 1. The van der Waals surface area contributed by atoms with E-state index in [4.69, 9.17) is 5.73 Å². The Bertz CT molecular complexity index is 521. The van der Waals surface area contributed by atoms with Gasteiger partial charge in [-0.3, -0.25) is 0 Å². The van der Waals surface area contributed by atoms with Crippen LogP contribution in [0.4, 0.5) is 0 Å². The van der Waals surface area contributed by atoms with Crippen LogP contribution in [0, 0.1) is 0 Å². The van der Waals surface area contributed by atoms with E-state index < -0.39 is 32.0 Å². The second-order valence-electron chi connectivity index (χ2n) is 5.27. The molecule has 3 unspecified atom stereocenters. The molecular formula is C11H16N2O3S2. The molecule has 0 aliphatic carbocycles. The number of sulfone groups is 1. The van der Waals surface area contributed by atoms with Gasteiger partial charge in [-0.2, -0.15) is 0 Å². The van der Waals surface area contributed by atoms with Crippen molar-refractivity contribution in [2.75, 3.05) is 0 Å². The number of aromatic nitrogens is 1. The molecular weight excluding hydrogens is 272 g/mol. The molecule has 7 heteroatoms. The van der Waals surface area contributed by atoms with Crippen LogP contribution in [0.1, 0.15) is 36.7 Å². The van der Waals surface area contributed by atoms with Gasteiger partial charge in [-0.05, 0) is 25.7 Å². The van der Waals surface area contributed by atoms with Crippen molar-refractivity contribution in [3.05, 3.63) is 16.6 Å². The van der Waals surface area contributed by atoms with Crippen molar-refractivity contribution in [3.8, 4) is 0 Å². The monoisotopic (exact) mass is 288 g/mol. The van der Waals surface area contributed by atoms with Gasteiger partial charge in [0.25, 0.3) is 0 Å². The van der Waals surface area contributed by atoms with E-state index in [-0.39, 0.29) is 12.8 Å². The standard InChI is InChI=1S/C11H16N2O3S2/c12-9(10-13-3-4-17-10)11(14)5-7-1-2-8(6-11)18(7,15)16/h3-4,7-9,14H,1-2,5-6,12H2. The molecule has 1 aromatic rings. The van der Waals surface area contributed by atoms with Crippen LogP contribution in [-0.4, -0.2) is 34.6 Å². The first kappa shape index (κ1) is 12.5. The molecule has 3 N–H and O–H groups in total. The lowest BCUT2D eigenvalue weighted by molar-refractivity contribution is -0.00424. The van der Waals surface area contributed by atoms with Crippen LogP contribution in [0.5, 0.6) is 0 Å². The van der Waals surface area contributed by atoms with Crippen LogP contribution in [0.2, 0.25) is 0 Å². The van der Waals surface area contributed by atoms with Crippen LogP contribution < -0.4 is 5.73 Å². The first-order chi connectivity index (χ1) is 8.43. The molecule has 2 aliphatic rings. The predicted octanol–water partition coefficient (Wildman–Crippen LogP) is 0.614. The van der Waals surface area contributed by atoms with E-state index in [0.717, 1.165) is 0 Å². The van der Waals surface area contributed by atoms with E-state index in [1.807, 2.05) is 5.38 Å². The minimum Gasteiger partial charge on any atom is -0.388 e. The third-order valence-corrected chi connectivity index (χ3v) is 7.72. The maximum atomic E-state index is 12.0.